The summed E-state index contributed by atoms with van der Waals surface area (Å²) in [6, 6.07) is 1.66. The second kappa shape index (κ2) is 4.12. The van der Waals surface area contributed by atoms with Crippen LogP contribution < -0.4 is 5.32 Å². The molecule has 18 heavy (non-hydrogen) atoms. The first-order valence-corrected chi connectivity index (χ1v) is 7.63. The van der Waals surface area contributed by atoms with Crippen LogP contribution in [0.1, 0.15) is 35.2 Å². The van der Waals surface area contributed by atoms with Crippen LogP contribution in [0, 0.1) is 13.8 Å². The van der Waals surface area contributed by atoms with E-state index < -0.39 is 15.4 Å². The molecule has 2 heterocycles. The van der Waals surface area contributed by atoms with Crippen molar-refractivity contribution in [2.24, 2.45) is 0 Å². The van der Waals surface area contributed by atoms with E-state index in [9.17, 15) is 13.2 Å². The lowest BCUT2D eigenvalue weighted by Gasteiger charge is -2.23. The molecule has 1 saturated heterocycles. The van der Waals surface area contributed by atoms with E-state index >= 15 is 0 Å². The third kappa shape index (κ3) is 2.58. The van der Waals surface area contributed by atoms with Crippen LogP contribution in [-0.2, 0) is 9.84 Å². The van der Waals surface area contributed by atoms with E-state index in [0.717, 1.165) is 0 Å². The highest BCUT2D eigenvalue weighted by molar-refractivity contribution is 7.91. The van der Waals surface area contributed by atoms with Gasteiger partial charge >= 0.3 is 0 Å². The van der Waals surface area contributed by atoms with E-state index in [0.29, 0.717) is 23.5 Å². The molecule has 1 unspecified atom stereocenters. The number of hydrogen-bond acceptors (Lipinski definition) is 4. The predicted molar refractivity (Wildman–Crippen MR) is 67.3 cm³/mol. The van der Waals surface area contributed by atoms with Gasteiger partial charge in [0, 0.05) is 0 Å². The highest BCUT2D eigenvalue weighted by Gasteiger charge is 2.39. The summed E-state index contributed by atoms with van der Waals surface area (Å²) in [7, 11) is -3.02. The molecular formula is C12H17NO4S. The maximum absolute atomic E-state index is 12.1. The Balaban J connectivity index is 2.16. The SMILES string of the molecule is Cc1cc(C(=O)NC2(C)CCS(=O)(=O)C2)c(C)o1. The van der Waals surface area contributed by atoms with Crippen LogP contribution in [0.25, 0.3) is 0 Å². The highest BCUT2D eigenvalue weighted by Crippen LogP contribution is 2.24. The second-order valence-corrected chi connectivity index (χ2v) is 7.37. The Morgan fingerprint density at radius 3 is 2.56 bits per heavy atom. The molecule has 1 N–H and O–H groups in total. The van der Waals surface area contributed by atoms with E-state index in [2.05, 4.69) is 5.32 Å². The summed E-state index contributed by atoms with van der Waals surface area (Å²) >= 11 is 0. The van der Waals surface area contributed by atoms with Crippen LogP contribution in [-0.4, -0.2) is 31.4 Å². The van der Waals surface area contributed by atoms with Gasteiger partial charge in [0.1, 0.15) is 11.5 Å². The minimum absolute atomic E-state index is 0.00161. The highest BCUT2D eigenvalue weighted by atomic mass is 32.2. The topological polar surface area (TPSA) is 76.4 Å². The van der Waals surface area contributed by atoms with Gasteiger partial charge in [-0.2, -0.15) is 0 Å². The van der Waals surface area contributed by atoms with Crippen molar-refractivity contribution in [2.75, 3.05) is 11.5 Å². The second-order valence-electron chi connectivity index (χ2n) is 5.18. The van der Waals surface area contributed by atoms with Crippen molar-refractivity contribution in [3.63, 3.8) is 0 Å². The lowest BCUT2D eigenvalue weighted by molar-refractivity contribution is 0.0914. The summed E-state index contributed by atoms with van der Waals surface area (Å²) in [5, 5.41) is 2.80. The molecule has 0 aromatic carbocycles. The third-order valence-electron chi connectivity index (χ3n) is 3.20. The first-order chi connectivity index (χ1) is 8.21. The van der Waals surface area contributed by atoms with Crippen LogP contribution in [0.15, 0.2) is 10.5 Å². The Kier molecular flexibility index (Phi) is 3.01. The molecular weight excluding hydrogens is 254 g/mol. The first-order valence-electron chi connectivity index (χ1n) is 5.81. The van der Waals surface area contributed by atoms with Gasteiger partial charge in [-0.05, 0) is 33.3 Å². The number of hydrogen-bond donors (Lipinski definition) is 1. The van der Waals surface area contributed by atoms with Gasteiger partial charge in [-0.3, -0.25) is 4.79 Å². The predicted octanol–water partition coefficient (Wildman–Crippen LogP) is 1.20. The van der Waals surface area contributed by atoms with Gasteiger partial charge in [-0.25, -0.2) is 8.42 Å². The van der Waals surface area contributed by atoms with Crippen molar-refractivity contribution in [1.82, 2.24) is 5.32 Å². The molecule has 1 aromatic heterocycles. The number of carbonyl (C=O) groups is 1. The summed E-state index contributed by atoms with van der Waals surface area (Å²) in [5.41, 5.74) is -0.203. The smallest absolute Gasteiger partial charge is 0.255 e. The summed E-state index contributed by atoms with van der Waals surface area (Å²) in [6.45, 7) is 5.25. The summed E-state index contributed by atoms with van der Waals surface area (Å²) < 4.78 is 28.2. The van der Waals surface area contributed by atoms with Crippen molar-refractivity contribution < 1.29 is 17.6 Å². The first kappa shape index (κ1) is 13.1. The summed E-state index contributed by atoms with van der Waals surface area (Å²) in [6.07, 6.45) is 0.455. The van der Waals surface area contributed by atoms with Gasteiger partial charge in [-0.15, -0.1) is 0 Å². The average molecular weight is 271 g/mol. The number of nitrogens with one attached hydrogen (secondary N) is 1. The molecule has 1 fully saturated rings. The van der Waals surface area contributed by atoms with Crippen molar-refractivity contribution in [2.45, 2.75) is 32.7 Å². The zero-order chi connectivity index (χ0) is 13.6. The molecule has 0 bridgehead atoms. The Hall–Kier alpha value is -1.30. The number of amides is 1. The van der Waals surface area contributed by atoms with Gasteiger partial charge in [0.2, 0.25) is 0 Å². The minimum atomic E-state index is -3.02. The lowest BCUT2D eigenvalue weighted by Crippen LogP contribution is -2.47. The number of aryl methyl sites for hydroxylation is 2. The van der Waals surface area contributed by atoms with Gasteiger partial charge in [-0.1, -0.05) is 0 Å². The molecule has 1 amide bonds. The average Bonchev–Trinajstić information content (AvgIpc) is 2.67. The van der Waals surface area contributed by atoms with Crippen molar-refractivity contribution >= 4 is 15.7 Å². The summed E-state index contributed by atoms with van der Waals surface area (Å²) in [4.78, 5) is 12.1. The molecule has 0 spiro atoms. The molecule has 6 heteroatoms. The molecule has 5 nitrogen and oxygen atoms in total. The lowest BCUT2D eigenvalue weighted by atomic mass is 10.0. The van der Waals surface area contributed by atoms with Gasteiger partial charge < -0.3 is 9.73 Å². The van der Waals surface area contributed by atoms with E-state index in [-0.39, 0.29) is 17.4 Å². The standard InChI is InChI=1S/C12H17NO4S/c1-8-6-10(9(2)17-8)11(14)13-12(3)4-5-18(15,16)7-12/h6H,4-5,7H2,1-3H3,(H,13,14). The minimum Gasteiger partial charge on any atom is -0.466 e. The maximum atomic E-state index is 12.1. The normalized spacial score (nSPS) is 26.2. The Morgan fingerprint density at radius 1 is 1.44 bits per heavy atom. The number of rotatable bonds is 2. The van der Waals surface area contributed by atoms with Crippen LogP contribution in [0.2, 0.25) is 0 Å². The fourth-order valence-corrected chi connectivity index (χ4v) is 4.40. The monoisotopic (exact) mass is 271 g/mol. The number of sulfone groups is 1. The fourth-order valence-electron chi connectivity index (χ4n) is 2.31. The van der Waals surface area contributed by atoms with E-state index in [4.69, 9.17) is 4.42 Å². The zero-order valence-corrected chi connectivity index (χ0v) is 11.6. The summed E-state index contributed by atoms with van der Waals surface area (Å²) in [5.74, 6) is 1.08. The van der Waals surface area contributed by atoms with E-state index in [1.54, 1.807) is 26.8 Å². The molecule has 1 atom stereocenters. The van der Waals surface area contributed by atoms with Crippen LogP contribution >= 0.6 is 0 Å². The Morgan fingerprint density at radius 2 is 2.11 bits per heavy atom. The maximum Gasteiger partial charge on any atom is 0.255 e. The largest absolute Gasteiger partial charge is 0.466 e. The van der Waals surface area contributed by atoms with Gasteiger partial charge in [0.05, 0.1) is 22.6 Å². The van der Waals surface area contributed by atoms with Crippen LogP contribution in [0.3, 0.4) is 0 Å². The number of carbonyl (C=O) groups excluding carboxylic acids is 1. The molecule has 1 aliphatic heterocycles. The Bertz CT molecular complexity index is 587. The quantitative estimate of drug-likeness (QED) is 0.877. The molecule has 1 aliphatic rings. The molecule has 0 radical (unpaired) electrons. The fraction of sp³-hybridized carbons (Fsp3) is 0.583. The molecule has 2 rings (SSSR count). The van der Waals surface area contributed by atoms with E-state index in [1.165, 1.54) is 0 Å². The van der Waals surface area contributed by atoms with Crippen molar-refractivity contribution in [3.8, 4) is 0 Å². The molecule has 0 aliphatic carbocycles. The zero-order valence-electron chi connectivity index (χ0n) is 10.7. The number of furan rings is 1. The molecule has 0 saturated carbocycles. The van der Waals surface area contributed by atoms with Crippen molar-refractivity contribution in [1.29, 1.82) is 0 Å². The third-order valence-corrected chi connectivity index (χ3v) is 5.11. The molecule has 1 aromatic rings. The van der Waals surface area contributed by atoms with Gasteiger partial charge in [0.25, 0.3) is 5.91 Å². The van der Waals surface area contributed by atoms with E-state index in [1.807, 2.05) is 0 Å². The molecule has 100 valence electrons. The van der Waals surface area contributed by atoms with Crippen LogP contribution in [0.5, 0.6) is 0 Å². The Labute approximate surface area is 106 Å². The van der Waals surface area contributed by atoms with Crippen LogP contribution in [0.4, 0.5) is 0 Å². The van der Waals surface area contributed by atoms with Gasteiger partial charge in [0.15, 0.2) is 9.84 Å². The van der Waals surface area contributed by atoms with Crippen molar-refractivity contribution in [3.05, 3.63) is 23.2 Å².